The van der Waals surface area contributed by atoms with Gasteiger partial charge in [-0.1, -0.05) is 6.07 Å². The fourth-order valence-corrected chi connectivity index (χ4v) is 1.41. The van der Waals surface area contributed by atoms with Crippen molar-refractivity contribution in [2.45, 2.75) is 13.0 Å². The number of nitrogens with one attached hydrogen (secondary N) is 1. The number of nitrogens with zero attached hydrogens (tertiary/aromatic N) is 1. The predicted molar refractivity (Wildman–Crippen MR) is 63.6 cm³/mol. The SMILES string of the molecule is COCCNC(C(=O)OC)c1ccc(C)nc1. The van der Waals surface area contributed by atoms with E-state index >= 15 is 0 Å². The molecule has 94 valence electrons. The van der Waals surface area contributed by atoms with E-state index in [4.69, 9.17) is 9.47 Å². The molecule has 1 atom stereocenters. The molecular weight excluding hydrogens is 220 g/mol. The fourth-order valence-electron chi connectivity index (χ4n) is 1.41. The molecule has 0 saturated heterocycles. The number of pyridine rings is 1. The largest absolute Gasteiger partial charge is 0.468 e. The molecule has 0 aliphatic carbocycles. The zero-order chi connectivity index (χ0) is 12.7. The molecule has 0 fully saturated rings. The highest BCUT2D eigenvalue weighted by atomic mass is 16.5. The van der Waals surface area contributed by atoms with Crippen LogP contribution in [0.2, 0.25) is 0 Å². The van der Waals surface area contributed by atoms with Crippen LogP contribution in [0.4, 0.5) is 0 Å². The second kappa shape index (κ2) is 6.98. The zero-order valence-corrected chi connectivity index (χ0v) is 10.4. The van der Waals surface area contributed by atoms with Gasteiger partial charge in [0.15, 0.2) is 0 Å². The van der Waals surface area contributed by atoms with Gasteiger partial charge < -0.3 is 9.47 Å². The summed E-state index contributed by atoms with van der Waals surface area (Å²) < 4.78 is 9.69. The molecule has 0 radical (unpaired) electrons. The number of hydrogen-bond donors (Lipinski definition) is 1. The lowest BCUT2D eigenvalue weighted by Gasteiger charge is -2.16. The van der Waals surface area contributed by atoms with Gasteiger partial charge in [0.05, 0.1) is 13.7 Å². The Bertz CT molecular complexity index is 351. The summed E-state index contributed by atoms with van der Waals surface area (Å²) in [4.78, 5) is 15.8. The van der Waals surface area contributed by atoms with Crippen LogP contribution < -0.4 is 5.32 Å². The van der Waals surface area contributed by atoms with Crippen molar-refractivity contribution < 1.29 is 14.3 Å². The number of ether oxygens (including phenoxy) is 2. The second-order valence-corrected chi connectivity index (χ2v) is 3.64. The van der Waals surface area contributed by atoms with Crippen molar-refractivity contribution in [1.29, 1.82) is 0 Å². The van der Waals surface area contributed by atoms with Crippen molar-refractivity contribution in [2.75, 3.05) is 27.4 Å². The molecule has 0 aliphatic heterocycles. The van der Waals surface area contributed by atoms with E-state index in [1.807, 2.05) is 19.1 Å². The molecule has 1 unspecified atom stereocenters. The Morgan fingerprint density at radius 1 is 1.47 bits per heavy atom. The minimum absolute atomic E-state index is 0.327. The fraction of sp³-hybridized carbons (Fsp3) is 0.500. The van der Waals surface area contributed by atoms with Crippen molar-refractivity contribution in [1.82, 2.24) is 10.3 Å². The smallest absolute Gasteiger partial charge is 0.327 e. The molecule has 1 aromatic heterocycles. The first kappa shape index (κ1) is 13.6. The molecule has 5 nitrogen and oxygen atoms in total. The van der Waals surface area contributed by atoms with Crippen LogP contribution in [-0.4, -0.2) is 38.3 Å². The van der Waals surface area contributed by atoms with Crippen LogP contribution in [0.1, 0.15) is 17.3 Å². The summed E-state index contributed by atoms with van der Waals surface area (Å²) in [6.45, 7) is 3.01. The molecule has 0 bridgehead atoms. The van der Waals surface area contributed by atoms with E-state index in [0.29, 0.717) is 13.2 Å². The molecule has 0 aromatic carbocycles. The maximum atomic E-state index is 11.6. The van der Waals surface area contributed by atoms with Crippen molar-refractivity contribution in [3.05, 3.63) is 29.6 Å². The highest BCUT2D eigenvalue weighted by molar-refractivity contribution is 5.77. The molecule has 0 amide bonds. The summed E-state index contributed by atoms with van der Waals surface area (Å²) in [6, 6.07) is 3.23. The number of aryl methyl sites for hydroxylation is 1. The Kier molecular flexibility index (Phi) is 5.59. The lowest BCUT2D eigenvalue weighted by molar-refractivity contribution is -0.143. The van der Waals surface area contributed by atoms with E-state index in [1.54, 1.807) is 13.3 Å². The minimum Gasteiger partial charge on any atom is -0.468 e. The van der Waals surface area contributed by atoms with E-state index in [2.05, 4.69) is 10.3 Å². The van der Waals surface area contributed by atoms with Crippen molar-refractivity contribution in [3.63, 3.8) is 0 Å². The third kappa shape index (κ3) is 4.13. The van der Waals surface area contributed by atoms with Gasteiger partial charge in [-0.25, -0.2) is 4.79 Å². The van der Waals surface area contributed by atoms with Crippen molar-refractivity contribution in [2.24, 2.45) is 0 Å². The Morgan fingerprint density at radius 3 is 2.76 bits per heavy atom. The van der Waals surface area contributed by atoms with Crippen LogP contribution in [0.5, 0.6) is 0 Å². The van der Waals surface area contributed by atoms with Gasteiger partial charge in [-0.2, -0.15) is 0 Å². The Morgan fingerprint density at radius 2 is 2.24 bits per heavy atom. The summed E-state index contributed by atoms with van der Waals surface area (Å²) >= 11 is 0. The van der Waals surface area contributed by atoms with Crippen LogP contribution in [0, 0.1) is 6.92 Å². The third-order valence-corrected chi connectivity index (χ3v) is 2.36. The van der Waals surface area contributed by atoms with Gasteiger partial charge in [-0.3, -0.25) is 10.3 Å². The van der Waals surface area contributed by atoms with Crippen LogP contribution in [-0.2, 0) is 14.3 Å². The quantitative estimate of drug-likeness (QED) is 0.588. The first-order valence-corrected chi connectivity index (χ1v) is 5.41. The number of carbonyl (C=O) groups is 1. The van der Waals surface area contributed by atoms with Crippen LogP contribution in [0.25, 0.3) is 0 Å². The molecule has 0 spiro atoms. The summed E-state index contributed by atoms with van der Waals surface area (Å²) in [5.41, 5.74) is 1.70. The van der Waals surface area contributed by atoms with E-state index in [1.165, 1.54) is 7.11 Å². The summed E-state index contributed by atoms with van der Waals surface area (Å²) in [7, 11) is 2.98. The highest BCUT2D eigenvalue weighted by Crippen LogP contribution is 2.13. The topological polar surface area (TPSA) is 60.5 Å². The number of rotatable bonds is 6. The third-order valence-electron chi connectivity index (χ3n) is 2.36. The molecular formula is C12H18N2O3. The van der Waals surface area contributed by atoms with Crippen LogP contribution in [0.15, 0.2) is 18.3 Å². The van der Waals surface area contributed by atoms with Crippen molar-refractivity contribution in [3.8, 4) is 0 Å². The molecule has 1 N–H and O–H groups in total. The monoisotopic (exact) mass is 238 g/mol. The zero-order valence-electron chi connectivity index (χ0n) is 10.4. The van der Waals surface area contributed by atoms with Crippen molar-refractivity contribution >= 4 is 5.97 Å². The predicted octanol–water partition coefficient (Wildman–Crippen LogP) is 0.840. The molecule has 5 heteroatoms. The van der Waals surface area contributed by atoms with E-state index in [0.717, 1.165) is 11.3 Å². The number of methoxy groups -OCH3 is 2. The maximum absolute atomic E-state index is 11.6. The van der Waals surface area contributed by atoms with Crippen LogP contribution >= 0.6 is 0 Å². The number of esters is 1. The summed E-state index contributed by atoms with van der Waals surface area (Å²) in [6.07, 6.45) is 1.68. The summed E-state index contributed by atoms with van der Waals surface area (Å²) in [5.74, 6) is -0.327. The lowest BCUT2D eigenvalue weighted by atomic mass is 10.1. The number of hydrogen-bond acceptors (Lipinski definition) is 5. The van der Waals surface area contributed by atoms with Gasteiger partial charge >= 0.3 is 5.97 Å². The molecule has 0 saturated carbocycles. The first-order valence-electron chi connectivity index (χ1n) is 5.41. The lowest BCUT2D eigenvalue weighted by Crippen LogP contribution is -2.32. The number of carbonyl (C=O) groups excluding carboxylic acids is 1. The molecule has 17 heavy (non-hydrogen) atoms. The Hall–Kier alpha value is -1.46. The highest BCUT2D eigenvalue weighted by Gasteiger charge is 2.20. The van der Waals surface area contributed by atoms with E-state index in [-0.39, 0.29) is 5.97 Å². The van der Waals surface area contributed by atoms with E-state index in [9.17, 15) is 4.79 Å². The van der Waals surface area contributed by atoms with Gasteiger partial charge in [0.1, 0.15) is 6.04 Å². The van der Waals surface area contributed by atoms with Gasteiger partial charge in [-0.15, -0.1) is 0 Å². The molecule has 1 aromatic rings. The maximum Gasteiger partial charge on any atom is 0.327 e. The normalized spacial score (nSPS) is 12.2. The number of aromatic nitrogens is 1. The van der Waals surface area contributed by atoms with Gasteiger partial charge in [0.2, 0.25) is 0 Å². The average molecular weight is 238 g/mol. The molecule has 0 aliphatic rings. The summed E-state index contributed by atoms with van der Waals surface area (Å²) in [5, 5.41) is 3.07. The Balaban J connectivity index is 2.74. The Labute approximate surface area is 101 Å². The average Bonchev–Trinajstić information content (AvgIpc) is 2.35. The van der Waals surface area contributed by atoms with E-state index < -0.39 is 6.04 Å². The standard InChI is InChI=1S/C12H18N2O3/c1-9-4-5-10(8-14-9)11(12(15)17-3)13-6-7-16-2/h4-5,8,11,13H,6-7H2,1-3H3. The van der Waals surface area contributed by atoms with Crippen LogP contribution in [0.3, 0.4) is 0 Å². The second-order valence-electron chi connectivity index (χ2n) is 3.64. The molecule has 1 heterocycles. The minimum atomic E-state index is -0.497. The molecule has 1 rings (SSSR count). The first-order chi connectivity index (χ1) is 8.19. The van der Waals surface area contributed by atoms with Gasteiger partial charge in [0.25, 0.3) is 0 Å². The van der Waals surface area contributed by atoms with Gasteiger partial charge in [0, 0.05) is 25.5 Å². The van der Waals surface area contributed by atoms with Gasteiger partial charge in [-0.05, 0) is 18.6 Å².